The van der Waals surface area contributed by atoms with Crippen LogP contribution in [-0.2, 0) is 6.42 Å². The second-order valence-electron chi connectivity index (χ2n) is 5.95. The Kier molecular flexibility index (Phi) is 7.14. The van der Waals surface area contributed by atoms with E-state index in [-0.39, 0.29) is 6.03 Å². The lowest BCUT2D eigenvalue weighted by molar-refractivity contribution is 0.236. The first-order valence-corrected chi connectivity index (χ1v) is 8.42. The van der Waals surface area contributed by atoms with E-state index < -0.39 is 0 Å². The van der Waals surface area contributed by atoms with Crippen molar-refractivity contribution in [1.29, 1.82) is 0 Å². The Bertz CT molecular complexity index is 664. The van der Waals surface area contributed by atoms with E-state index in [1.54, 1.807) is 7.11 Å². The second-order valence-corrected chi connectivity index (χ2v) is 5.95. The number of hydrogen-bond acceptors (Lipinski definition) is 3. The zero-order chi connectivity index (χ0) is 18.1. The highest BCUT2D eigenvalue weighted by Crippen LogP contribution is 2.15. The minimum absolute atomic E-state index is 0.183. The van der Waals surface area contributed by atoms with Crippen LogP contribution in [0.3, 0.4) is 0 Å². The Morgan fingerprint density at radius 1 is 0.920 bits per heavy atom. The van der Waals surface area contributed by atoms with E-state index in [0.29, 0.717) is 19.7 Å². The molecule has 0 radical (unpaired) electrons. The quantitative estimate of drug-likeness (QED) is 0.724. The third-order valence-corrected chi connectivity index (χ3v) is 3.71. The smallest absolute Gasteiger partial charge is 0.314 e. The molecule has 2 aromatic carbocycles. The molecule has 2 amide bonds. The summed E-state index contributed by atoms with van der Waals surface area (Å²) in [5.74, 6) is 1.66. The van der Waals surface area contributed by atoms with Gasteiger partial charge < -0.3 is 20.1 Å². The van der Waals surface area contributed by atoms with Crippen LogP contribution in [0.4, 0.5) is 4.79 Å². The fourth-order valence-electron chi connectivity index (χ4n) is 2.52. The number of nitrogens with one attached hydrogen (secondary N) is 2. The standard InChI is InChI=1S/C20H26N2O3/c1-15-12-16(2)14-19(13-15)25-11-10-22-20(23)21-9-8-17-4-6-18(24-3)7-5-17/h4-7,12-14H,8-11H2,1-3H3,(H2,21,22,23). The maximum atomic E-state index is 11.8. The van der Waals surface area contributed by atoms with Crippen LogP contribution in [0.2, 0.25) is 0 Å². The van der Waals surface area contributed by atoms with Crippen molar-refractivity contribution in [2.45, 2.75) is 20.3 Å². The van der Waals surface area contributed by atoms with Crippen LogP contribution in [0, 0.1) is 13.8 Å². The zero-order valence-corrected chi connectivity index (χ0v) is 15.1. The van der Waals surface area contributed by atoms with Gasteiger partial charge in [-0.25, -0.2) is 4.79 Å². The number of carbonyl (C=O) groups is 1. The lowest BCUT2D eigenvalue weighted by Crippen LogP contribution is -2.38. The molecule has 0 saturated carbocycles. The summed E-state index contributed by atoms with van der Waals surface area (Å²) in [6.07, 6.45) is 0.774. The maximum Gasteiger partial charge on any atom is 0.314 e. The van der Waals surface area contributed by atoms with E-state index in [1.807, 2.05) is 50.2 Å². The fraction of sp³-hybridized carbons (Fsp3) is 0.350. The molecule has 2 rings (SSSR count). The van der Waals surface area contributed by atoms with Crippen LogP contribution in [0.15, 0.2) is 42.5 Å². The molecule has 25 heavy (non-hydrogen) atoms. The van der Waals surface area contributed by atoms with Gasteiger partial charge >= 0.3 is 6.03 Å². The van der Waals surface area contributed by atoms with Crippen LogP contribution >= 0.6 is 0 Å². The van der Waals surface area contributed by atoms with Crippen molar-refractivity contribution in [3.63, 3.8) is 0 Å². The summed E-state index contributed by atoms with van der Waals surface area (Å²) < 4.78 is 10.8. The summed E-state index contributed by atoms with van der Waals surface area (Å²) >= 11 is 0. The zero-order valence-electron chi connectivity index (χ0n) is 15.1. The normalized spacial score (nSPS) is 10.2. The summed E-state index contributed by atoms with van der Waals surface area (Å²) in [6, 6.07) is 13.7. The van der Waals surface area contributed by atoms with Gasteiger partial charge in [-0.3, -0.25) is 0 Å². The molecule has 0 spiro atoms. The van der Waals surface area contributed by atoms with Gasteiger partial charge in [-0.2, -0.15) is 0 Å². The first kappa shape index (κ1) is 18.6. The molecule has 0 aromatic heterocycles. The van der Waals surface area contributed by atoms with Gasteiger partial charge in [0.2, 0.25) is 0 Å². The van der Waals surface area contributed by atoms with E-state index in [1.165, 1.54) is 11.1 Å². The van der Waals surface area contributed by atoms with Gasteiger partial charge in [0, 0.05) is 6.54 Å². The number of hydrogen-bond donors (Lipinski definition) is 2. The highest BCUT2D eigenvalue weighted by atomic mass is 16.5. The average Bonchev–Trinajstić information content (AvgIpc) is 2.58. The van der Waals surface area contributed by atoms with E-state index in [4.69, 9.17) is 9.47 Å². The molecule has 0 atom stereocenters. The van der Waals surface area contributed by atoms with Gasteiger partial charge in [0.1, 0.15) is 18.1 Å². The van der Waals surface area contributed by atoms with Gasteiger partial charge in [0.15, 0.2) is 0 Å². The van der Waals surface area contributed by atoms with Gasteiger partial charge in [-0.15, -0.1) is 0 Å². The Morgan fingerprint density at radius 2 is 1.56 bits per heavy atom. The van der Waals surface area contributed by atoms with Crippen molar-refractivity contribution in [3.05, 3.63) is 59.2 Å². The van der Waals surface area contributed by atoms with Crippen molar-refractivity contribution in [3.8, 4) is 11.5 Å². The minimum atomic E-state index is -0.183. The van der Waals surface area contributed by atoms with Crippen LogP contribution in [0.25, 0.3) is 0 Å². The summed E-state index contributed by atoms with van der Waals surface area (Å²) in [5, 5.41) is 5.63. The van der Waals surface area contributed by atoms with E-state index in [2.05, 4.69) is 16.7 Å². The monoisotopic (exact) mass is 342 g/mol. The Hall–Kier alpha value is -2.69. The first-order valence-electron chi connectivity index (χ1n) is 8.42. The molecule has 0 unspecified atom stereocenters. The molecular formula is C20H26N2O3. The molecule has 0 heterocycles. The highest BCUT2D eigenvalue weighted by molar-refractivity contribution is 5.73. The van der Waals surface area contributed by atoms with Crippen LogP contribution in [-0.4, -0.2) is 32.8 Å². The van der Waals surface area contributed by atoms with Crippen molar-refractivity contribution >= 4 is 6.03 Å². The van der Waals surface area contributed by atoms with Crippen molar-refractivity contribution < 1.29 is 14.3 Å². The number of methoxy groups -OCH3 is 1. The number of carbonyl (C=O) groups excluding carboxylic acids is 1. The Labute approximate surface area is 149 Å². The minimum Gasteiger partial charge on any atom is -0.497 e. The molecule has 0 fully saturated rings. The van der Waals surface area contributed by atoms with Crippen LogP contribution in [0.5, 0.6) is 11.5 Å². The molecule has 2 N–H and O–H groups in total. The van der Waals surface area contributed by atoms with Crippen molar-refractivity contribution in [2.24, 2.45) is 0 Å². The van der Waals surface area contributed by atoms with Crippen molar-refractivity contribution in [1.82, 2.24) is 10.6 Å². The third-order valence-electron chi connectivity index (χ3n) is 3.71. The number of ether oxygens (including phenoxy) is 2. The Balaban J connectivity index is 1.60. The molecule has 2 aromatic rings. The van der Waals surface area contributed by atoms with Crippen LogP contribution in [0.1, 0.15) is 16.7 Å². The Morgan fingerprint density at radius 3 is 2.20 bits per heavy atom. The van der Waals surface area contributed by atoms with E-state index in [0.717, 1.165) is 23.5 Å². The number of aryl methyl sites for hydroxylation is 2. The summed E-state index contributed by atoms with van der Waals surface area (Å²) in [7, 11) is 1.64. The van der Waals surface area contributed by atoms with Gasteiger partial charge in [-0.1, -0.05) is 18.2 Å². The van der Waals surface area contributed by atoms with Crippen LogP contribution < -0.4 is 20.1 Å². The summed E-state index contributed by atoms with van der Waals surface area (Å²) in [6.45, 7) is 5.55. The molecular weight excluding hydrogens is 316 g/mol. The van der Waals surface area contributed by atoms with E-state index in [9.17, 15) is 4.79 Å². The van der Waals surface area contributed by atoms with Gasteiger partial charge in [-0.05, 0) is 61.2 Å². The second kappa shape index (κ2) is 9.57. The summed E-state index contributed by atoms with van der Waals surface area (Å²) in [5.41, 5.74) is 3.48. The number of urea groups is 1. The van der Waals surface area contributed by atoms with Crippen molar-refractivity contribution in [2.75, 3.05) is 26.8 Å². The maximum absolute atomic E-state index is 11.8. The molecule has 0 bridgehead atoms. The first-order chi connectivity index (χ1) is 12.1. The lowest BCUT2D eigenvalue weighted by atomic mass is 10.1. The predicted molar refractivity (Wildman–Crippen MR) is 99.5 cm³/mol. The molecule has 134 valence electrons. The third kappa shape index (κ3) is 6.75. The van der Waals surface area contributed by atoms with E-state index >= 15 is 0 Å². The number of rotatable bonds is 8. The fourth-order valence-corrected chi connectivity index (χ4v) is 2.52. The van der Waals surface area contributed by atoms with Gasteiger partial charge in [0.25, 0.3) is 0 Å². The molecule has 0 aliphatic heterocycles. The molecule has 0 aliphatic carbocycles. The lowest BCUT2D eigenvalue weighted by Gasteiger charge is -2.10. The molecule has 0 saturated heterocycles. The molecule has 0 aliphatic rings. The number of amides is 2. The average molecular weight is 342 g/mol. The molecule has 5 nitrogen and oxygen atoms in total. The summed E-state index contributed by atoms with van der Waals surface area (Å²) in [4.78, 5) is 11.8. The molecule has 5 heteroatoms. The van der Waals surface area contributed by atoms with Gasteiger partial charge in [0.05, 0.1) is 13.7 Å². The number of benzene rings is 2. The largest absolute Gasteiger partial charge is 0.497 e. The topological polar surface area (TPSA) is 59.6 Å². The SMILES string of the molecule is COc1ccc(CCNC(=O)NCCOc2cc(C)cc(C)c2)cc1. The highest BCUT2D eigenvalue weighted by Gasteiger charge is 2.01. The predicted octanol–water partition coefficient (Wildman–Crippen LogP) is 3.23.